The van der Waals surface area contributed by atoms with Crippen molar-refractivity contribution in [2.75, 3.05) is 0 Å². The average molecular weight is 201 g/mol. The summed E-state index contributed by atoms with van der Waals surface area (Å²) in [5.74, 6) is -0.518. The normalized spacial score (nSPS) is 19.0. The summed E-state index contributed by atoms with van der Waals surface area (Å²) in [7, 11) is 0. The van der Waals surface area contributed by atoms with Crippen molar-refractivity contribution >= 4 is 16.9 Å². The van der Waals surface area contributed by atoms with Gasteiger partial charge in [0.2, 0.25) is 6.29 Å². The molecule has 15 heavy (non-hydrogen) atoms. The van der Waals surface area contributed by atoms with Crippen LogP contribution < -0.4 is 0 Å². The maximum atomic E-state index is 11.3. The van der Waals surface area contributed by atoms with Gasteiger partial charge in [0.05, 0.1) is 11.1 Å². The second-order valence-corrected chi connectivity index (χ2v) is 3.36. The van der Waals surface area contributed by atoms with Crippen LogP contribution in [0.1, 0.15) is 22.2 Å². The molecule has 0 fully saturated rings. The maximum absolute atomic E-state index is 11.3. The molecule has 74 valence electrons. The fourth-order valence-corrected chi connectivity index (χ4v) is 1.82. The fraction of sp³-hybridized carbons (Fsp3) is 0.0909. The van der Waals surface area contributed by atoms with Crippen molar-refractivity contribution < 1.29 is 14.6 Å². The maximum Gasteiger partial charge on any atom is 0.342 e. The van der Waals surface area contributed by atoms with Crippen LogP contribution in [0.15, 0.2) is 30.5 Å². The molecule has 1 aromatic heterocycles. The zero-order valence-corrected chi connectivity index (χ0v) is 7.68. The van der Waals surface area contributed by atoms with Crippen molar-refractivity contribution in [3.8, 4) is 0 Å². The number of carbonyl (C=O) groups excluding carboxylic acids is 1. The molecule has 2 aromatic rings. The van der Waals surface area contributed by atoms with Crippen LogP contribution in [0.25, 0.3) is 10.9 Å². The molecular weight excluding hydrogens is 194 g/mol. The molecule has 0 amide bonds. The molecule has 1 atom stereocenters. The molecule has 1 N–H and O–H groups in total. The molecule has 1 unspecified atom stereocenters. The zero-order chi connectivity index (χ0) is 10.4. The predicted molar refractivity (Wildman–Crippen MR) is 52.1 cm³/mol. The van der Waals surface area contributed by atoms with E-state index in [1.807, 2.05) is 24.3 Å². The van der Waals surface area contributed by atoms with Gasteiger partial charge in [-0.15, -0.1) is 0 Å². The van der Waals surface area contributed by atoms with E-state index in [9.17, 15) is 9.90 Å². The van der Waals surface area contributed by atoms with Gasteiger partial charge in [0.25, 0.3) is 0 Å². The zero-order valence-electron chi connectivity index (χ0n) is 7.68. The standard InChI is InChI=1S/C11H7NO3/c13-10-7-5-12-8-4-2-1-3-6(8)9(7)11(14)15-10/h1-5,11,14H. The summed E-state index contributed by atoms with van der Waals surface area (Å²) in [4.78, 5) is 15.4. The van der Waals surface area contributed by atoms with Gasteiger partial charge in [-0.1, -0.05) is 18.2 Å². The van der Waals surface area contributed by atoms with E-state index in [2.05, 4.69) is 4.98 Å². The molecule has 0 aliphatic carbocycles. The lowest BCUT2D eigenvalue weighted by Crippen LogP contribution is -1.96. The first-order valence-electron chi connectivity index (χ1n) is 4.54. The second kappa shape index (κ2) is 2.77. The Bertz CT molecular complexity index is 565. The monoisotopic (exact) mass is 201 g/mol. The number of para-hydroxylation sites is 1. The molecule has 4 nitrogen and oxygen atoms in total. The Morgan fingerprint density at radius 3 is 3.00 bits per heavy atom. The molecule has 1 aliphatic rings. The molecule has 0 saturated heterocycles. The average Bonchev–Trinajstić information content (AvgIpc) is 2.55. The molecule has 2 heterocycles. The highest BCUT2D eigenvalue weighted by atomic mass is 16.6. The van der Waals surface area contributed by atoms with Crippen molar-refractivity contribution in [3.63, 3.8) is 0 Å². The predicted octanol–water partition coefficient (Wildman–Crippen LogP) is 1.40. The van der Waals surface area contributed by atoms with Gasteiger partial charge >= 0.3 is 5.97 Å². The first-order chi connectivity index (χ1) is 7.27. The van der Waals surface area contributed by atoms with Crippen LogP contribution in [-0.2, 0) is 4.74 Å². The minimum Gasteiger partial charge on any atom is -0.428 e. The van der Waals surface area contributed by atoms with Crippen LogP contribution in [0.2, 0.25) is 0 Å². The SMILES string of the molecule is O=C1OC(O)c2c1cnc1ccccc21. The minimum absolute atomic E-state index is 0.348. The quantitative estimate of drug-likeness (QED) is 0.654. The second-order valence-electron chi connectivity index (χ2n) is 3.36. The molecular formula is C11H7NO3. The summed E-state index contributed by atoms with van der Waals surface area (Å²) >= 11 is 0. The van der Waals surface area contributed by atoms with E-state index >= 15 is 0 Å². The van der Waals surface area contributed by atoms with Crippen LogP contribution in [0.3, 0.4) is 0 Å². The van der Waals surface area contributed by atoms with Gasteiger partial charge in [0.15, 0.2) is 0 Å². The van der Waals surface area contributed by atoms with E-state index in [1.165, 1.54) is 6.20 Å². The smallest absolute Gasteiger partial charge is 0.342 e. The number of carbonyl (C=O) groups is 1. The van der Waals surface area contributed by atoms with Crippen molar-refractivity contribution in [2.45, 2.75) is 6.29 Å². The number of aliphatic hydroxyl groups excluding tert-OH is 1. The van der Waals surface area contributed by atoms with Crippen LogP contribution >= 0.6 is 0 Å². The minimum atomic E-state index is -1.17. The van der Waals surface area contributed by atoms with Gasteiger partial charge in [0.1, 0.15) is 0 Å². The number of hydrogen-bond donors (Lipinski definition) is 1. The molecule has 1 aliphatic heterocycles. The lowest BCUT2D eigenvalue weighted by atomic mass is 10.1. The number of nitrogens with zero attached hydrogens (tertiary/aromatic N) is 1. The van der Waals surface area contributed by atoms with Crippen molar-refractivity contribution in [3.05, 3.63) is 41.6 Å². The third kappa shape index (κ3) is 1.05. The van der Waals surface area contributed by atoms with Gasteiger partial charge in [-0.2, -0.15) is 0 Å². The number of ether oxygens (including phenoxy) is 1. The van der Waals surface area contributed by atoms with Gasteiger partial charge in [-0.3, -0.25) is 4.98 Å². The molecule has 0 saturated carbocycles. The number of rotatable bonds is 0. The highest BCUT2D eigenvalue weighted by Gasteiger charge is 2.31. The summed E-state index contributed by atoms with van der Waals surface area (Å²) in [5.41, 5.74) is 1.61. The summed E-state index contributed by atoms with van der Waals surface area (Å²) in [6, 6.07) is 7.32. The van der Waals surface area contributed by atoms with Crippen LogP contribution in [-0.4, -0.2) is 16.1 Å². The Hall–Kier alpha value is -1.94. The third-order valence-electron chi connectivity index (χ3n) is 2.50. The van der Waals surface area contributed by atoms with Gasteiger partial charge in [-0.05, 0) is 6.07 Å². The molecule has 0 spiro atoms. The first kappa shape index (κ1) is 8.38. The Labute approximate surface area is 85.1 Å². The van der Waals surface area contributed by atoms with E-state index in [4.69, 9.17) is 4.74 Å². The number of hydrogen-bond acceptors (Lipinski definition) is 4. The Balaban J connectivity index is 2.44. The number of aliphatic hydroxyl groups is 1. The molecule has 3 rings (SSSR count). The number of aromatic nitrogens is 1. The van der Waals surface area contributed by atoms with Crippen LogP contribution in [0.4, 0.5) is 0 Å². The lowest BCUT2D eigenvalue weighted by Gasteiger charge is -2.04. The molecule has 0 radical (unpaired) electrons. The first-order valence-corrected chi connectivity index (χ1v) is 4.54. The Morgan fingerprint density at radius 1 is 1.33 bits per heavy atom. The topological polar surface area (TPSA) is 59.4 Å². The highest BCUT2D eigenvalue weighted by Crippen LogP contribution is 2.33. The van der Waals surface area contributed by atoms with Crippen LogP contribution in [0, 0.1) is 0 Å². The third-order valence-corrected chi connectivity index (χ3v) is 2.50. The van der Waals surface area contributed by atoms with E-state index in [0.29, 0.717) is 11.1 Å². The number of benzene rings is 1. The molecule has 0 bridgehead atoms. The lowest BCUT2D eigenvalue weighted by molar-refractivity contribution is -0.0540. The van der Waals surface area contributed by atoms with E-state index in [-0.39, 0.29) is 0 Å². The van der Waals surface area contributed by atoms with Crippen molar-refractivity contribution in [2.24, 2.45) is 0 Å². The number of esters is 1. The number of pyridine rings is 1. The summed E-state index contributed by atoms with van der Waals surface area (Å²) in [5, 5.41) is 10.3. The Kier molecular flexibility index (Phi) is 1.55. The van der Waals surface area contributed by atoms with Crippen LogP contribution in [0.5, 0.6) is 0 Å². The van der Waals surface area contributed by atoms with Crippen molar-refractivity contribution in [1.29, 1.82) is 0 Å². The summed E-state index contributed by atoms with van der Waals surface area (Å²) in [6.45, 7) is 0. The number of fused-ring (bicyclic) bond motifs is 3. The molecule has 4 heteroatoms. The largest absolute Gasteiger partial charge is 0.428 e. The Morgan fingerprint density at radius 2 is 2.13 bits per heavy atom. The van der Waals surface area contributed by atoms with Gasteiger partial charge in [0, 0.05) is 17.1 Å². The van der Waals surface area contributed by atoms with Gasteiger partial charge in [-0.25, -0.2) is 4.79 Å². The molecule has 1 aromatic carbocycles. The van der Waals surface area contributed by atoms with E-state index in [1.54, 1.807) is 0 Å². The van der Waals surface area contributed by atoms with E-state index in [0.717, 1.165) is 10.9 Å². The van der Waals surface area contributed by atoms with Crippen molar-refractivity contribution in [1.82, 2.24) is 4.98 Å². The number of cyclic esters (lactones) is 1. The van der Waals surface area contributed by atoms with Gasteiger partial charge < -0.3 is 9.84 Å². The fourth-order valence-electron chi connectivity index (χ4n) is 1.82. The van der Waals surface area contributed by atoms with E-state index < -0.39 is 12.3 Å². The highest BCUT2D eigenvalue weighted by molar-refractivity contribution is 5.99. The summed E-state index contributed by atoms with van der Waals surface area (Å²) in [6.07, 6.45) is 0.274. The summed E-state index contributed by atoms with van der Waals surface area (Å²) < 4.78 is 4.72.